The van der Waals surface area contributed by atoms with Crippen molar-refractivity contribution in [2.24, 2.45) is 0 Å². The summed E-state index contributed by atoms with van der Waals surface area (Å²) in [7, 11) is 0. The first-order valence-corrected chi connectivity index (χ1v) is 11.1. The van der Waals surface area contributed by atoms with Crippen molar-refractivity contribution in [1.82, 2.24) is 15.2 Å². The number of para-hydroxylation sites is 1. The summed E-state index contributed by atoms with van der Waals surface area (Å²) in [5.74, 6) is -0.488. The lowest BCUT2D eigenvalue weighted by molar-refractivity contribution is -0.143. The number of rotatable bonds is 8. The monoisotopic (exact) mass is 447 g/mol. The van der Waals surface area contributed by atoms with Gasteiger partial charge >= 0.3 is 0 Å². The number of nitrogens with one attached hydrogen (secondary N) is 1. The highest BCUT2D eigenvalue weighted by molar-refractivity contribution is 5.89. The van der Waals surface area contributed by atoms with Gasteiger partial charge in [0, 0.05) is 38.3 Å². The van der Waals surface area contributed by atoms with Gasteiger partial charge in [0.05, 0.1) is 6.61 Å². The van der Waals surface area contributed by atoms with E-state index in [1.807, 2.05) is 36.4 Å². The molecule has 2 aromatic carbocycles. The van der Waals surface area contributed by atoms with E-state index >= 15 is 0 Å². The molecular weight excluding hydrogens is 421 g/mol. The molecule has 1 atom stereocenters. The third-order valence-electron chi connectivity index (χ3n) is 5.68. The molecule has 1 aliphatic heterocycles. The lowest BCUT2D eigenvalue weighted by atomic mass is 9.99. The van der Waals surface area contributed by atoms with Crippen LogP contribution in [0.2, 0.25) is 0 Å². The van der Waals surface area contributed by atoms with Crippen molar-refractivity contribution in [3.63, 3.8) is 0 Å². The number of halogens is 1. The second-order valence-corrected chi connectivity index (χ2v) is 7.91. The lowest BCUT2D eigenvalue weighted by Crippen LogP contribution is -2.58. The van der Waals surface area contributed by atoms with Gasteiger partial charge in [-0.25, -0.2) is 4.39 Å². The van der Waals surface area contributed by atoms with Crippen LogP contribution in [0.5, 0.6) is 5.75 Å². The maximum atomic E-state index is 13.6. The Morgan fingerprint density at radius 2 is 1.79 bits per heavy atom. The van der Waals surface area contributed by atoms with Gasteiger partial charge in [-0.15, -0.1) is 0 Å². The predicted octanol–water partition coefficient (Wildman–Crippen LogP) is 3.62. The van der Waals surface area contributed by atoms with Crippen LogP contribution in [0.4, 0.5) is 4.39 Å². The summed E-state index contributed by atoms with van der Waals surface area (Å²) in [6, 6.07) is 17.5. The quantitative estimate of drug-likeness (QED) is 0.536. The molecule has 1 aliphatic rings. The molecule has 4 rings (SSSR count). The third kappa shape index (κ3) is 5.74. The van der Waals surface area contributed by atoms with Crippen molar-refractivity contribution < 1.29 is 18.7 Å². The van der Waals surface area contributed by atoms with Crippen LogP contribution in [0.3, 0.4) is 0 Å². The van der Waals surface area contributed by atoms with Crippen LogP contribution in [0.25, 0.3) is 11.1 Å². The number of amides is 2. The van der Waals surface area contributed by atoms with Crippen LogP contribution in [0.1, 0.15) is 18.4 Å². The van der Waals surface area contributed by atoms with Crippen LogP contribution in [0, 0.1) is 5.82 Å². The molecule has 0 saturated carbocycles. The molecule has 1 aromatic heterocycles. The molecule has 1 N–H and O–H groups in total. The Kier molecular flexibility index (Phi) is 7.29. The molecule has 0 aliphatic carbocycles. The second kappa shape index (κ2) is 10.7. The number of carbonyl (C=O) groups excluding carboxylic acids is 2. The predicted molar refractivity (Wildman–Crippen MR) is 123 cm³/mol. The first-order valence-electron chi connectivity index (χ1n) is 11.1. The van der Waals surface area contributed by atoms with Crippen molar-refractivity contribution in [2.75, 3.05) is 19.7 Å². The van der Waals surface area contributed by atoms with E-state index in [-0.39, 0.29) is 30.6 Å². The summed E-state index contributed by atoms with van der Waals surface area (Å²) < 4.78 is 19.1. The van der Waals surface area contributed by atoms with E-state index in [1.54, 1.807) is 35.5 Å². The number of hydrogen-bond acceptors (Lipinski definition) is 4. The summed E-state index contributed by atoms with van der Waals surface area (Å²) in [5.41, 5.74) is 3.12. The number of nitrogens with zero attached hydrogens (tertiary/aromatic N) is 2. The highest BCUT2D eigenvalue weighted by Crippen LogP contribution is 2.21. The fraction of sp³-hybridized carbons (Fsp3) is 0.269. The molecule has 2 amide bonds. The van der Waals surface area contributed by atoms with E-state index < -0.39 is 11.9 Å². The zero-order chi connectivity index (χ0) is 23.0. The highest BCUT2D eigenvalue weighted by Gasteiger charge is 2.32. The standard InChI is InChI=1S/C26H26FN3O3/c27-22-4-1-2-5-24(22)33-17-3-6-25(31)30-16-15-29-26(32)23(30)18-19-7-9-20(10-8-19)21-11-13-28-14-12-21/h1-2,4-5,7-14,23H,3,6,15-18H2,(H,29,32)/t23-/m0/s1. The van der Waals surface area contributed by atoms with Gasteiger partial charge < -0.3 is 15.0 Å². The first-order chi connectivity index (χ1) is 16.1. The molecule has 1 saturated heterocycles. The summed E-state index contributed by atoms with van der Waals surface area (Å²) in [6.07, 6.45) is 4.62. The van der Waals surface area contributed by atoms with E-state index in [0.717, 1.165) is 16.7 Å². The number of ether oxygens (including phenoxy) is 1. The number of carbonyl (C=O) groups is 2. The summed E-state index contributed by atoms with van der Waals surface area (Å²) in [5, 5.41) is 2.86. The van der Waals surface area contributed by atoms with Crippen molar-refractivity contribution in [1.29, 1.82) is 0 Å². The van der Waals surface area contributed by atoms with E-state index in [1.165, 1.54) is 6.07 Å². The van der Waals surface area contributed by atoms with Gasteiger partial charge in [0.25, 0.3) is 0 Å². The normalized spacial score (nSPS) is 15.7. The minimum Gasteiger partial charge on any atom is -0.491 e. The summed E-state index contributed by atoms with van der Waals surface area (Å²) in [6.45, 7) is 1.14. The Balaban J connectivity index is 1.34. The zero-order valence-electron chi connectivity index (χ0n) is 18.2. The molecule has 0 radical (unpaired) electrons. The van der Waals surface area contributed by atoms with Gasteiger partial charge in [0.15, 0.2) is 11.6 Å². The second-order valence-electron chi connectivity index (χ2n) is 7.91. The van der Waals surface area contributed by atoms with E-state index in [0.29, 0.717) is 25.9 Å². The van der Waals surface area contributed by atoms with Gasteiger partial charge in [0.1, 0.15) is 6.04 Å². The fourth-order valence-electron chi connectivity index (χ4n) is 3.93. The number of hydrogen-bond donors (Lipinski definition) is 1. The number of piperazine rings is 1. The molecule has 0 bridgehead atoms. The van der Waals surface area contributed by atoms with Gasteiger partial charge in [0.2, 0.25) is 11.8 Å². The molecule has 170 valence electrons. The molecule has 0 spiro atoms. The first kappa shape index (κ1) is 22.5. The Labute approximate surface area is 192 Å². The van der Waals surface area contributed by atoms with Crippen molar-refractivity contribution in [3.8, 4) is 16.9 Å². The summed E-state index contributed by atoms with van der Waals surface area (Å²) >= 11 is 0. The van der Waals surface area contributed by atoms with Crippen molar-refractivity contribution >= 4 is 11.8 Å². The van der Waals surface area contributed by atoms with Crippen molar-refractivity contribution in [2.45, 2.75) is 25.3 Å². The Morgan fingerprint density at radius 1 is 1.06 bits per heavy atom. The van der Waals surface area contributed by atoms with Gasteiger partial charge in [-0.3, -0.25) is 14.6 Å². The number of aromatic nitrogens is 1. The Bertz CT molecular complexity index is 1090. The maximum absolute atomic E-state index is 13.6. The smallest absolute Gasteiger partial charge is 0.243 e. The topological polar surface area (TPSA) is 71.5 Å². The average molecular weight is 448 g/mol. The van der Waals surface area contributed by atoms with Crippen molar-refractivity contribution in [3.05, 3.63) is 84.4 Å². The molecule has 3 aromatic rings. The SMILES string of the molecule is O=C1NCCN(C(=O)CCCOc2ccccc2F)[C@H]1Cc1ccc(-c2ccncc2)cc1. The van der Waals surface area contributed by atoms with Crippen LogP contribution in [-0.4, -0.2) is 47.4 Å². The van der Waals surface area contributed by atoms with Crippen LogP contribution < -0.4 is 10.1 Å². The van der Waals surface area contributed by atoms with E-state index in [2.05, 4.69) is 10.3 Å². The van der Waals surface area contributed by atoms with Crippen LogP contribution in [-0.2, 0) is 16.0 Å². The van der Waals surface area contributed by atoms with Gasteiger partial charge in [-0.05, 0) is 47.4 Å². The van der Waals surface area contributed by atoms with Gasteiger partial charge in [-0.1, -0.05) is 36.4 Å². The molecule has 1 fully saturated rings. The summed E-state index contributed by atoms with van der Waals surface area (Å²) in [4.78, 5) is 31.1. The number of pyridine rings is 1. The van der Waals surface area contributed by atoms with E-state index in [9.17, 15) is 14.0 Å². The molecular formula is C26H26FN3O3. The largest absolute Gasteiger partial charge is 0.491 e. The van der Waals surface area contributed by atoms with Gasteiger partial charge in [-0.2, -0.15) is 0 Å². The minimum atomic E-state index is -0.550. The average Bonchev–Trinajstić information content (AvgIpc) is 2.85. The minimum absolute atomic E-state index is 0.0969. The fourth-order valence-corrected chi connectivity index (χ4v) is 3.93. The van der Waals surface area contributed by atoms with Crippen LogP contribution in [0.15, 0.2) is 73.1 Å². The number of benzene rings is 2. The molecule has 33 heavy (non-hydrogen) atoms. The lowest BCUT2D eigenvalue weighted by Gasteiger charge is -2.35. The molecule has 6 nitrogen and oxygen atoms in total. The maximum Gasteiger partial charge on any atom is 0.243 e. The van der Waals surface area contributed by atoms with E-state index in [4.69, 9.17) is 4.74 Å². The Morgan fingerprint density at radius 3 is 2.55 bits per heavy atom. The molecule has 2 heterocycles. The van der Waals surface area contributed by atoms with Crippen LogP contribution >= 0.6 is 0 Å². The molecule has 7 heteroatoms. The molecule has 0 unspecified atom stereocenters. The zero-order valence-corrected chi connectivity index (χ0v) is 18.2. The third-order valence-corrected chi connectivity index (χ3v) is 5.68. The Hall–Kier alpha value is -3.74. The highest BCUT2D eigenvalue weighted by atomic mass is 19.1.